The first kappa shape index (κ1) is 27.6. The van der Waals surface area contributed by atoms with Crippen molar-refractivity contribution in [3.8, 4) is 22.3 Å². The SMILES string of the molecule is CC1(C)c2ccccc2C2(c3ccccc3-c3c(N(c4ccccc4)c4cccc(-c5ccccc5)c4)cccc32)c2ccccc21. The molecule has 47 heavy (non-hydrogen) atoms. The largest absolute Gasteiger partial charge is 0.310 e. The van der Waals surface area contributed by atoms with Crippen LogP contribution in [0.3, 0.4) is 0 Å². The summed E-state index contributed by atoms with van der Waals surface area (Å²) in [7, 11) is 0. The lowest BCUT2D eigenvalue weighted by Crippen LogP contribution is -2.40. The van der Waals surface area contributed by atoms with Crippen LogP contribution in [-0.2, 0) is 10.8 Å². The molecule has 7 aromatic rings. The molecule has 1 heteroatoms. The van der Waals surface area contributed by atoms with Crippen LogP contribution in [0.5, 0.6) is 0 Å². The zero-order chi connectivity index (χ0) is 31.6. The van der Waals surface area contributed by atoms with Gasteiger partial charge in [-0.25, -0.2) is 0 Å². The van der Waals surface area contributed by atoms with Crippen LogP contribution in [0.25, 0.3) is 22.3 Å². The lowest BCUT2D eigenvalue weighted by molar-refractivity contribution is 0.563. The highest BCUT2D eigenvalue weighted by Gasteiger charge is 2.53. The highest BCUT2D eigenvalue weighted by Crippen LogP contribution is 2.64. The van der Waals surface area contributed by atoms with Gasteiger partial charge in [-0.2, -0.15) is 0 Å². The van der Waals surface area contributed by atoms with E-state index >= 15 is 0 Å². The fraction of sp³-hybridized carbons (Fsp3) is 0.0870. The number of fused-ring (bicyclic) bond motifs is 9. The van der Waals surface area contributed by atoms with Crippen molar-refractivity contribution in [1.29, 1.82) is 0 Å². The normalized spacial score (nSPS) is 14.5. The van der Waals surface area contributed by atoms with Crippen molar-refractivity contribution in [2.45, 2.75) is 24.7 Å². The van der Waals surface area contributed by atoms with Crippen LogP contribution >= 0.6 is 0 Å². The summed E-state index contributed by atoms with van der Waals surface area (Å²) in [5.41, 5.74) is 16.1. The summed E-state index contributed by atoms with van der Waals surface area (Å²) in [6, 6.07) is 64.8. The Balaban J connectivity index is 1.37. The third-order valence-corrected chi connectivity index (χ3v) is 10.5. The highest BCUT2D eigenvalue weighted by atomic mass is 15.1. The molecule has 0 amide bonds. The Kier molecular flexibility index (Phi) is 6.14. The summed E-state index contributed by atoms with van der Waals surface area (Å²) in [4.78, 5) is 2.45. The van der Waals surface area contributed by atoms with Crippen molar-refractivity contribution in [3.63, 3.8) is 0 Å². The van der Waals surface area contributed by atoms with E-state index in [0.29, 0.717) is 0 Å². The molecule has 0 aliphatic heterocycles. The van der Waals surface area contributed by atoms with Crippen molar-refractivity contribution >= 4 is 17.1 Å². The summed E-state index contributed by atoms with van der Waals surface area (Å²) in [6.07, 6.45) is 0. The molecule has 0 bridgehead atoms. The molecule has 7 aromatic carbocycles. The summed E-state index contributed by atoms with van der Waals surface area (Å²) in [5.74, 6) is 0. The maximum absolute atomic E-state index is 2.45. The zero-order valence-electron chi connectivity index (χ0n) is 26.7. The third kappa shape index (κ3) is 3.90. The maximum atomic E-state index is 2.45. The van der Waals surface area contributed by atoms with E-state index in [9.17, 15) is 0 Å². The Bertz CT molecular complexity index is 2230. The number of hydrogen-bond donors (Lipinski definition) is 0. The predicted octanol–water partition coefficient (Wildman–Crippen LogP) is 11.8. The molecule has 0 fully saturated rings. The summed E-state index contributed by atoms with van der Waals surface area (Å²) >= 11 is 0. The van der Waals surface area contributed by atoms with Crippen LogP contribution in [0.15, 0.2) is 176 Å². The topological polar surface area (TPSA) is 3.24 Å². The molecule has 9 rings (SSSR count). The Morgan fingerprint density at radius 2 is 0.872 bits per heavy atom. The summed E-state index contributed by atoms with van der Waals surface area (Å²) < 4.78 is 0. The second kappa shape index (κ2) is 10.4. The number of nitrogens with zero attached hydrogens (tertiary/aromatic N) is 1. The minimum Gasteiger partial charge on any atom is -0.310 e. The first-order valence-electron chi connectivity index (χ1n) is 16.5. The van der Waals surface area contributed by atoms with Crippen molar-refractivity contribution < 1.29 is 0 Å². The molecule has 0 saturated carbocycles. The van der Waals surface area contributed by atoms with Crippen LogP contribution in [0.1, 0.15) is 47.2 Å². The van der Waals surface area contributed by atoms with Gasteiger partial charge in [0.1, 0.15) is 0 Å². The van der Waals surface area contributed by atoms with Crippen molar-refractivity contribution in [2.24, 2.45) is 0 Å². The number of rotatable bonds is 4. The van der Waals surface area contributed by atoms with E-state index in [-0.39, 0.29) is 5.41 Å². The zero-order valence-corrected chi connectivity index (χ0v) is 26.7. The highest BCUT2D eigenvalue weighted by molar-refractivity contribution is 5.98. The average molecular weight is 602 g/mol. The van der Waals surface area contributed by atoms with Crippen molar-refractivity contribution in [3.05, 3.63) is 209 Å². The fourth-order valence-corrected chi connectivity index (χ4v) is 8.54. The molecule has 0 radical (unpaired) electrons. The number of hydrogen-bond acceptors (Lipinski definition) is 1. The van der Waals surface area contributed by atoms with Gasteiger partial charge in [-0.15, -0.1) is 0 Å². The van der Waals surface area contributed by atoms with Gasteiger partial charge in [0.25, 0.3) is 0 Å². The summed E-state index contributed by atoms with van der Waals surface area (Å²) in [6.45, 7) is 4.76. The summed E-state index contributed by atoms with van der Waals surface area (Å²) in [5, 5.41) is 0. The number of para-hydroxylation sites is 1. The number of benzene rings is 7. The van der Waals surface area contributed by atoms with Gasteiger partial charge < -0.3 is 4.90 Å². The van der Waals surface area contributed by atoms with Crippen LogP contribution < -0.4 is 4.90 Å². The monoisotopic (exact) mass is 601 g/mol. The standard InChI is InChI=1S/C46H35N/c1-45(2)38-25-11-13-27-40(38)46(41-28-14-12-26-39(41)45)37-24-10-9-23-36(37)44-42(46)29-16-30-43(44)47(34-20-7-4-8-21-34)35-22-15-19-33(31-35)32-17-5-3-6-18-32/h3-31H,1-2H3. The molecule has 1 spiro atoms. The molecule has 2 aliphatic rings. The second-order valence-corrected chi connectivity index (χ2v) is 13.3. The minimum absolute atomic E-state index is 0.123. The van der Waals surface area contributed by atoms with Gasteiger partial charge in [-0.1, -0.05) is 159 Å². The first-order chi connectivity index (χ1) is 23.1. The van der Waals surface area contributed by atoms with Crippen LogP contribution in [0.2, 0.25) is 0 Å². The van der Waals surface area contributed by atoms with Gasteiger partial charge in [-0.05, 0) is 80.4 Å². The fourth-order valence-electron chi connectivity index (χ4n) is 8.54. The van der Waals surface area contributed by atoms with E-state index < -0.39 is 5.41 Å². The molecule has 0 N–H and O–H groups in total. The number of anilines is 3. The molecule has 0 heterocycles. The average Bonchev–Trinajstić information content (AvgIpc) is 3.44. The molecule has 2 aliphatic carbocycles. The van der Waals surface area contributed by atoms with Crippen LogP contribution in [-0.4, -0.2) is 0 Å². The maximum Gasteiger partial charge on any atom is 0.0720 e. The Hall–Kier alpha value is -5.66. The molecule has 0 unspecified atom stereocenters. The van der Waals surface area contributed by atoms with E-state index in [2.05, 4.69) is 195 Å². The molecule has 0 saturated heterocycles. The van der Waals surface area contributed by atoms with Gasteiger partial charge in [0, 0.05) is 22.4 Å². The van der Waals surface area contributed by atoms with Gasteiger partial charge in [0.05, 0.1) is 11.1 Å². The van der Waals surface area contributed by atoms with Crippen LogP contribution in [0, 0.1) is 0 Å². The smallest absolute Gasteiger partial charge is 0.0720 e. The van der Waals surface area contributed by atoms with E-state index in [1.165, 1.54) is 61.3 Å². The van der Waals surface area contributed by atoms with Crippen LogP contribution in [0.4, 0.5) is 17.1 Å². The van der Waals surface area contributed by atoms with Gasteiger partial charge >= 0.3 is 0 Å². The predicted molar refractivity (Wildman–Crippen MR) is 196 cm³/mol. The van der Waals surface area contributed by atoms with Crippen molar-refractivity contribution in [1.82, 2.24) is 0 Å². The molecular formula is C46H35N. The molecular weight excluding hydrogens is 567 g/mol. The Morgan fingerprint density at radius 3 is 1.55 bits per heavy atom. The quantitative estimate of drug-likeness (QED) is 0.194. The first-order valence-corrected chi connectivity index (χ1v) is 16.5. The van der Waals surface area contributed by atoms with Gasteiger partial charge in [0.2, 0.25) is 0 Å². The molecule has 0 aromatic heterocycles. The lowest BCUT2D eigenvalue weighted by atomic mass is 9.55. The molecule has 224 valence electrons. The van der Waals surface area contributed by atoms with E-state index in [1.54, 1.807) is 0 Å². The van der Waals surface area contributed by atoms with Gasteiger partial charge in [-0.3, -0.25) is 0 Å². The van der Waals surface area contributed by atoms with E-state index in [4.69, 9.17) is 0 Å². The Morgan fingerprint density at radius 1 is 0.383 bits per heavy atom. The van der Waals surface area contributed by atoms with Gasteiger partial charge in [0.15, 0.2) is 0 Å². The van der Waals surface area contributed by atoms with E-state index in [0.717, 1.165) is 11.4 Å². The van der Waals surface area contributed by atoms with Crippen molar-refractivity contribution in [2.75, 3.05) is 4.90 Å². The second-order valence-electron chi connectivity index (χ2n) is 13.3. The Labute approximate surface area is 277 Å². The molecule has 1 nitrogen and oxygen atoms in total. The third-order valence-electron chi connectivity index (χ3n) is 10.5. The minimum atomic E-state index is -0.432. The van der Waals surface area contributed by atoms with E-state index in [1.807, 2.05) is 0 Å². The molecule has 0 atom stereocenters. The lowest BCUT2D eigenvalue weighted by Gasteiger charge is -2.46.